The molecule has 5 nitrogen and oxygen atoms in total. The molecule has 1 aromatic carbocycles. The molecule has 18 heavy (non-hydrogen) atoms. The first kappa shape index (κ1) is 12.5. The molecule has 5 heteroatoms. The van der Waals surface area contributed by atoms with Gasteiger partial charge in [-0.15, -0.1) is 0 Å². The Morgan fingerprint density at radius 3 is 2.94 bits per heavy atom. The number of carbonyl (C=O) groups excluding carboxylic acids is 1. The molecule has 0 bridgehead atoms. The van der Waals surface area contributed by atoms with E-state index in [1.54, 1.807) is 25.3 Å². The Hall–Kier alpha value is -1.91. The lowest BCUT2D eigenvalue weighted by Crippen LogP contribution is -2.36. The number of rotatable bonds is 3. The van der Waals surface area contributed by atoms with Gasteiger partial charge in [-0.05, 0) is 31.4 Å². The number of methoxy groups -OCH3 is 1. The lowest BCUT2D eigenvalue weighted by molar-refractivity contribution is -0.127. The zero-order chi connectivity index (χ0) is 13.0. The molecule has 1 saturated heterocycles. The van der Waals surface area contributed by atoms with Crippen molar-refractivity contribution in [2.24, 2.45) is 0 Å². The maximum Gasteiger partial charge on any atom is 0.261 e. The van der Waals surface area contributed by atoms with Crippen molar-refractivity contribution in [3.63, 3.8) is 0 Å². The highest BCUT2D eigenvalue weighted by molar-refractivity contribution is 5.81. The summed E-state index contributed by atoms with van der Waals surface area (Å²) in [5.74, 6) is 1.13. The van der Waals surface area contributed by atoms with Crippen LogP contribution in [0.25, 0.3) is 0 Å². The summed E-state index contributed by atoms with van der Waals surface area (Å²) in [5.41, 5.74) is 6.34. The Morgan fingerprint density at radius 1 is 1.39 bits per heavy atom. The first-order valence-corrected chi connectivity index (χ1v) is 6.08. The van der Waals surface area contributed by atoms with Crippen LogP contribution in [0.1, 0.15) is 19.3 Å². The van der Waals surface area contributed by atoms with Gasteiger partial charge < -0.3 is 20.5 Å². The van der Waals surface area contributed by atoms with Crippen molar-refractivity contribution < 1.29 is 14.3 Å². The number of anilines is 1. The van der Waals surface area contributed by atoms with Crippen LogP contribution in [0, 0.1) is 0 Å². The number of amides is 1. The monoisotopic (exact) mass is 250 g/mol. The van der Waals surface area contributed by atoms with Crippen molar-refractivity contribution in [1.82, 2.24) is 5.32 Å². The second kappa shape index (κ2) is 5.62. The van der Waals surface area contributed by atoms with Gasteiger partial charge in [0.25, 0.3) is 5.91 Å². The number of nitrogen functional groups attached to an aromatic ring is 1. The van der Waals surface area contributed by atoms with E-state index in [0.29, 0.717) is 17.2 Å². The predicted octanol–water partition coefficient (Wildman–Crippen LogP) is 1.32. The van der Waals surface area contributed by atoms with Crippen molar-refractivity contribution in [3.05, 3.63) is 18.2 Å². The van der Waals surface area contributed by atoms with Gasteiger partial charge in [-0.1, -0.05) is 0 Å². The Bertz CT molecular complexity index is 434. The van der Waals surface area contributed by atoms with Gasteiger partial charge in [0, 0.05) is 12.6 Å². The fraction of sp³-hybridized carbons (Fsp3) is 0.462. The molecule has 98 valence electrons. The van der Waals surface area contributed by atoms with Gasteiger partial charge in [-0.2, -0.15) is 0 Å². The molecule has 1 heterocycles. The molecule has 1 fully saturated rings. The molecule has 2 rings (SSSR count). The normalized spacial score (nSPS) is 19.8. The Balaban J connectivity index is 2.10. The van der Waals surface area contributed by atoms with Gasteiger partial charge in [0.05, 0.1) is 12.8 Å². The van der Waals surface area contributed by atoms with Crippen LogP contribution in [0.3, 0.4) is 0 Å². The standard InChI is InChI=1S/C13H18N2O3/c1-17-9-5-6-11(10(14)8-9)18-12-4-2-3-7-15-13(12)16/h5-6,8,12H,2-4,7,14H2,1H3,(H,15,16). The van der Waals surface area contributed by atoms with Gasteiger partial charge in [0.15, 0.2) is 6.10 Å². The third kappa shape index (κ3) is 2.85. The molecule has 0 aliphatic carbocycles. The summed E-state index contributed by atoms with van der Waals surface area (Å²) in [7, 11) is 1.58. The van der Waals surface area contributed by atoms with Gasteiger partial charge in [-0.25, -0.2) is 0 Å². The van der Waals surface area contributed by atoms with E-state index in [1.807, 2.05) is 0 Å². The average molecular weight is 250 g/mol. The van der Waals surface area contributed by atoms with Crippen molar-refractivity contribution in [1.29, 1.82) is 0 Å². The second-order valence-corrected chi connectivity index (χ2v) is 4.30. The van der Waals surface area contributed by atoms with Crippen LogP contribution in [0.15, 0.2) is 18.2 Å². The van der Waals surface area contributed by atoms with Gasteiger partial charge in [-0.3, -0.25) is 4.79 Å². The number of benzene rings is 1. The summed E-state index contributed by atoms with van der Waals surface area (Å²) >= 11 is 0. The van der Waals surface area contributed by atoms with Gasteiger partial charge >= 0.3 is 0 Å². The van der Waals surface area contributed by atoms with Crippen LogP contribution in [0.2, 0.25) is 0 Å². The zero-order valence-corrected chi connectivity index (χ0v) is 10.4. The van der Waals surface area contributed by atoms with Gasteiger partial charge in [0.1, 0.15) is 11.5 Å². The molecule has 0 spiro atoms. The lowest BCUT2D eigenvalue weighted by atomic mass is 10.2. The van der Waals surface area contributed by atoms with Gasteiger partial charge in [0.2, 0.25) is 0 Å². The fourth-order valence-corrected chi connectivity index (χ4v) is 1.94. The zero-order valence-electron chi connectivity index (χ0n) is 10.4. The fourth-order valence-electron chi connectivity index (χ4n) is 1.94. The first-order valence-electron chi connectivity index (χ1n) is 6.08. The van der Waals surface area contributed by atoms with E-state index in [1.165, 1.54) is 0 Å². The van der Waals surface area contributed by atoms with E-state index in [0.717, 1.165) is 25.8 Å². The van der Waals surface area contributed by atoms with E-state index in [-0.39, 0.29) is 5.91 Å². The largest absolute Gasteiger partial charge is 0.497 e. The maximum absolute atomic E-state index is 11.8. The molecule has 1 atom stereocenters. The smallest absolute Gasteiger partial charge is 0.261 e. The third-order valence-electron chi connectivity index (χ3n) is 2.97. The van der Waals surface area contributed by atoms with Crippen LogP contribution in [-0.2, 0) is 4.79 Å². The first-order chi connectivity index (χ1) is 8.70. The molecule has 3 N–H and O–H groups in total. The minimum Gasteiger partial charge on any atom is -0.497 e. The predicted molar refractivity (Wildman–Crippen MR) is 68.7 cm³/mol. The minimum absolute atomic E-state index is 0.0669. The molecular weight excluding hydrogens is 232 g/mol. The van der Waals surface area contributed by atoms with E-state index in [9.17, 15) is 4.79 Å². The summed E-state index contributed by atoms with van der Waals surface area (Å²) in [6.45, 7) is 0.719. The Morgan fingerprint density at radius 2 is 2.22 bits per heavy atom. The number of carbonyl (C=O) groups is 1. The summed E-state index contributed by atoms with van der Waals surface area (Å²) in [4.78, 5) is 11.8. The van der Waals surface area contributed by atoms with Crippen LogP contribution in [0.4, 0.5) is 5.69 Å². The highest BCUT2D eigenvalue weighted by atomic mass is 16.5. The molecule has 1 unspecified atom stereocenters. The lowest BCUT2D eigenvalue weighted by Gasteiger charge is -2.17. The van der Waals surface area contributed by atoms with Crippen LogP contribution in [-0.4, -0.2) is 25.7 Å². The molecule has 1 amide bonds. The van der Waals surface area contributed by atoms with Crippen molar-refractivity contribution in [2.75, 3.05) is 19.4 Å². The molecule has 1 aliphatic rings. The molecular formula is C13H18N2O3. The van der Waals surface area contributed by atoms with E-state index < -0.39 is 6.10 Å². The SMILES string of the molecule is COc1ccc(OC2CCCCNC2=O)c(N)c1. The van der Waals surface area contributed by atoms with Crippen LogP contribution < -0.4 is 20.5 Å². The second-order valence-electron chi connectivity index (χ2n) is 4.30. The average Bonchev–Trinajstić information content (AvgIpc) is 2.57. The molecule has 0 radical (unpaired) electrons. The number of ether oxygens (including phenoxy) is 2. The topological polar surface area (TPSA) is 73.6 Å². The Labute approximate surface area is 106 Å². The number of hydrogen-bond acceptors (Lipinski definition) is 4. The minimum atomic E-state index is -0.455. The molecule has 0 aromatic heterocycles. The van der Waals surface area contributed by atoms with Crippen molar-refractivity contribution >= 4 is 11.6 Å². The van der Waals surface area contributed by atoms with Crippen LogP contribution >= 0.6 is 0 Å². The van der Waals surface area contributed by atoms with E-state index in [4.69, 9.17) is 15.2 Å². The molecule has 1 aromatic rings. The van der Waals surface area contributed by atoms with Crippen molar-refractivity contribution in [3.8, 4) is 11.5 Å². The Kier molecular flexibility index (Phi) is 3.92. The summed E-state index contributed by atoms with van der Waals surface area (Å²) in [6, 6.07) is 5.18. The molecule has 1 aliphatic heterocycles. The number of nitrogens with one attached hydrogen (secondary N) is 1. The summed E-state index contributed by atoms with van der Waals surface area (Å²) < 4.78 is 10.8. The third-order valence-corrected chi connectivity index (χ3v) is 2.97. The quantitative estimate of drug-likeness (QED) is 0.794. The summed E-state index contributed by atoms with van der Waals surface area (Å²) in [5, 5.41) is 2.83. The number of hydrogen-bond donors (Lipinski definition) is 2. The molecule has 0 saturated carbocycles. The summed E-state index contributed by atoms with van der Waals surface area (Å²) in [6.07, 6.45) is 2.23. The number of nitrogens with two attached hydrogens (primary N) is 1. The van der Waals surface area contributed by atoms with E-state index >= 15 is 0 Å². The van der Waals surface area contributed by atoms with Crippen molar-refractivity contribution in [2.45, 2.75) is 25.4 Å². The highest BCUT2D eigenvalue weighted by Gasteiger charge is 2.23. The van der Waals surface area contributed by atoms with E-state index in [2.05, 4.69) is 5.32 Å². The highest BCUT2D eigenvalue weighted by Crippen LogP contribution is 2.28. The van der Waals surface area contributed by atoms with Crippen LogP contribution in [0.5, 0.6) is 11.5 Å². The maximum atomic E-state index is 11.8.